The fraction of sp³-hybridized carbons (Fsp3) is 0.471. The maximum Gasteiger partial charge on any atom is 0.227 e. The summed E-state index contributed by atoms with van der Waals surface area (Å²) in [6, 6.07) is 4.01. The van der Waals surface area contributed by atoms with Crippen molar-refractivity contribution in [3.8, 4) is 0 Å². The Kier molecular flexibility index (Phi) is 5.35. The lowest BCUT2D eigenvalue weighted by molar-refractivity contribution is -0.138. The van der Waals surface area contributed by atoms with Gasteiger partial charge < -0.3 is 9.64 Å². The molecule has 0 bridgehead atoms. The molecule has 122 valence electrons. The number of carbonyl (C=O) groups excluding carboxylic acids is 1. The summed E-state index contributed by atoms with van der Waals surface area (Å²) < 4.78 is 5.81. The molecule has 1 atom stereocenters. The van der Waals surface area contributed by atoms with E-state index < -0.39 is 0 Å². The van der Waals surface area contributed by atoms with E-state index >= 15 is 0 Å². The van der Waals surface area contributed by atoms with Crippen molar-refractivity contribution >= 4 is 17.2 Å². The Morgan fingerprint density at radius 3 is 3.17 bits per heavy atom. The molecule has 1 aliphatic rings. The number of carbonyl (C=O) groups is 1. The summed E-state index contributed by atoms with van der Waals surface area (Å²) in [4.78, 5) is 22.7. The molecule has 5 nitrogen and oxygen atoms in total. The van der Waals surface area contributed by atoms with Crippen LogP contribution in [0.25, 0.3) is 0 Å². The summed E-state index contributed by atoms with van der Waals surface area (Å²) in [5.74, 6) is 0.189. The van der Waals surface area contributed by atoms with Gasteiger partial charge in [-0.05, 0) is 48.2 Å². The Hall–Kier alpha value is -1.79. The first-order valence-electron chi connectivity index (χ1n) is 7.88. The highest BCUT2D eigenvalue weighted by molar-refractivity contribution is 7.07. The number of aromatic nitrogens is 2. The second-order valence-electron chi connectivity index (χ2n) is 5.83. The molecule has 0 spiro atoms. The Morgan fingerprint density at radius 1 is 1.48 bits per heavy atom. The van der Waals surface area contributed by atoms with E-state index in [1.54, 1.807) is 17.7 Å². The number of hydrogen-bond acceptors (Lipinski definition) is 5. The smallest absolute Gasteiger partial charge is 0.227 e. The van der Waals surface area contributed by atoms with Crippen LogP contribution in [0.15, 0.2) is 29.2 Å². The monoisotopic (exact) mass is 331 g/mol. The van der Waals surface area contributed by atoms with Crippen LogP contribution >= 0.6 is 11.3 Å². The highest BCUT2D eigenvalue weighted by Gasteiger charge is 2.24. The maximum atomic E-state index is 12.4. The van der Waals surface area contributed by atoms with Gasteiger partial charge in [-0.3, -0.25) is 4.79 Å². The van der Waals surface area contributed by atoms with Gasteiger partial charge in [0.1, 0.15) is 6.33 Å². The molecule has 1 fully saturated rings. The minimum atomic E-state index is 0.0884. The molecule has 3 heterocycles. The van der Waals surface area contributed by atoms with E-state index in [0.29, 0.717) is 26.1 Å². The maximum absolute atomic E-state index is 12.4. The van der Waals surface area contributed by atoms with E-state index in [2.05, 4.69) is 9.97 Å². The summed E-state index contributed by atoms with van der Waals surface area (Å²) in [7, 11) is 0. The minimum Gasteiger partial charge on any atom is -0.375 e. The van der Waals surface area contributed by atoms with Gasteiger partial charge in [0, 0.05) is 24.5 Å². The number of thiophene rings is 1. The second kappa shape index (κ2) is 7.66. The van der Waals surface area contributed by atoms with Gasteiger partial charge in [0.15, 0.2) is 0 Å². The van der Waals surface area contributed by atoms with Gasteiger partial charge in [0.25, 0.3) is 0 Å². The normalized spacial score (nSPS) is 18.1. The fourth-order valence-corrected chi connectivity index (χ4v) is 3.42. The molecular weight excluding hydrogens is 310 g/mol. The molecule has 0 N–H and O–H groups in total. The van der Waals surface area contributed by atoms with E-state index in [9.17, 15) is 4.79 Å². The Morgan fingerprint density at radius 2 is 2.39 bits per heavy atom. The number of aryl methyl sites for hydroxylation is 2. The zero-order chi connectivity index (χ0) is 16.1. The summed E-state index contributed by atoms with van der Waals surface area (Å²) >= 11 is 1.63. The zero-order valence-electron chi connectivity index (χ0n) is 13.3. The average Bonchev–Trinajstić information content (AvgIpc) is 3.06. The lowest BCUT2D eigenvalue weighted by Crippen LogP contribution is -2.46. The lowest BCUT2D eigenvalue weighted by Gasteiger charge is -2.33. The second-order valence-corrected chi connectivity index (χ2v) is 6.61. The first-order valence-corrected chi connectivity index (χ1v) is 8.83. The van der Waals surface area contributed by atoms with Crippen molar-refractivity contribution in [1.82, 2.24) is 14.9 Å². The first-order chi connectivity index (χ1) is 11.2. The van der Waals surface area contributed by atoms with Gasteiger partial charge in [-0.25, -0.2) is 9.97 Å². The largest absolute Gasteiger partial charge is 0.375 e. The van der Waals surface area contributed by atoms with Crippen LogP contribution in [0.1, 0.15) is 23.4 Å². The molecular formula is C17H21N3O2S. The molecule has 6 heteroatoms. The van der Waals surface area contributed by atoms with Gasteiger partial charge in [-0.2, -0.15) is 11.3 Å². The van der Waals surface area contributed by atoms with E-state index in [1.807, 2.05) is 34.7 Å². The summed E-state index contributed by atoms with van der Waals surface area (Å²) in [6.45, 7) is 3.94. The van der Waals surface area contributed by atoms with Crippen LogP contribution in [0.3, 0.4) is 0 Å². The third kappa shape index (κ3) is 4.59. The quantitative estimate of drug-likeness (QED) is 0.843. The van der Waals surface area contributed by atoms with Crippen molar-refractivity contribution in [2.24, 2.45) is 0 Å². The number of morpholine rings is 1. The summed E-state index contributed by atoms with van der Waals surface area (Å²) in [5.41, 5.74) is 3.11. The third-order valence-corrected chi connectivity index (χ3v) is 4.74. The number of nitrogens with zero attached hydrogens (tertiary/aromatic N) is 3. The van der Waals surface area contributed by atoms with Crippen molar-refractivity contribution in [3.63, 3.8) is 0 Å². The highest BCUT2D eigenvalue weighted by atomic mass is 32.1. The SMILES string of the molecule is Cc1cc(CC[C@@H]2CN(C(=O)Cc3ccsc3)CCO2)ncn1. The molecule has 3 rings (SSSR count). The molecule has 0 aliphatic carbocycles. The minimum absolute atomic E-state index is 0.0884. The topological polar surface area (TPSA) is 55.3 Å². The fourth-order valence-electron chi connectivity index (χ4n) is 2.76. The van der Waals surface area contributed by atoms with Gasteiger partial charge >= 0.3 is 0 Å². The van der Waals surface area contributed by atoms with Crippen LogP contribution in [-0.2, 0) is 22.4 Å². The van der Waals surface area contributed by atoms with E-state index in [0.717, 1.165) is 29.8 Å². The Bertz CT molecular complexity index is 645. The predicted octanol–water partition coefficient (Wildman–Crippen LogP) is 2.25. The molecule has 1 amide bonds. The van der Waals surface area contributed by atoms with Crippen LogP contribution < -0.4 is 0 Å². The van der Waals surface area contributed by atoms with Gasteiger partial charge in [0.2, 0.25) is 5.91 Å². The molecule has 2 aromatic heterocycles. The Balaban J connectivity index is 1.50. The molecule has 1 aliphatic heterocycles. The number of rotatable bonds is 5. The summed E-state index contributed by atoms with van der Waals surface area (Å²) in [5, 5.41) is 4.04. The molecule has 2 aromatic rings. The first kappa shape index (κ1) is 16.1. The third-order valence-electron chi connectivity index (χ3n) is 4.01. The standard InChI is InChI=1S/C17H21N3O2S/c1-13-8-15(19-12-18-13)2-3-16-10-20(5-6-22-16)17(21)9-14-4-7-23-11-14/h4,7-8,11-12,16H,2-3,5-6,9-10H2,1H3/t16-/m1/s1. The van der Waals surface area contributed by atoms with E-state index in [-0.39, 0.29) is 12.0 Å². The van der Waals surface area contributed by atoms with Crippen LogP contribution in [0.2, 0.25) is 0 Å². The van der Waals surface area contributed by atoms with Gasteiger partial charge in [0.05, 0.1) is 19.1 Å². The van der Waals surface area contributed by atoms with Crippen molar-refractivity contribution in [2.75, 3.05) is 19.7 Å². The highest BCUT2D eigenvalue weighted by Crippen LogP contribution is 2.14. The molecule has 0 saturated carbocycles. The number of ether oxygens (including phenoxy) is 1. The van der Waals surface area contributed by atoms with Crippen LogP contribution in [0.4, 0.5) is 0 Å². The van der Waals surface area contributed by atoms with Gasteiger partial charge in [-0.1, -0.05) is 0 Å². The molecule has 1 saturated heterocycles. The zero-order valence-corrected chi connectivity index (χ0v) is 14.1. The van der Waals surface area contributed by atoms with Gasteiger partial charge in [-0.15, -0.1) is 0 Å². The predicted molar refractivity (Wildman–Crippen MR) is 89.4 cm³/mol. The van der Waals surface area contributed by atoms with Crippen molar-refractivity contribution < 1.29 is 9.53 Å². The van der Waals surface area contributed by atoms with Crippen LogP contribution in [0, 0.1) is 6.92 Å². The molecule has 23 heavy (non-hydrogen) atoms. The van der Waals surface area contributed by atoms with E-state index in [1.165, 1.54) is 0 Å². The lowest BCUT2D eigenvalue weighted by atomic mass is 10.1. The van der Waals surface area contributed by atoms with Crippen molar-refractivity contribution in [1.29, 1.82) is 0 Å². The average molecular weight is 331 g/mol. The molecule has 0 unspecified atom stereocenters. The number of amides is 1. The van der Waals surface area contributed by atoms with Crippen LogP contribution in [0.5, 0.6) is 0 Å². The van der Waals surface area contributed by atoms with E-state index in [4.69, 9.17) is 4.74 Å². The summed E-state index contributed by atoms with van der Waals surface area (Å²) in [6.07, 6.45) is 3.90. The van der Waals surface area contributed by atoms with Crippen molar-refractivity contribution in [3.05, 3.63) is 46.2 Å². The number of hydrogen-bond donors (Lipinski definition) is 0. The van der Waals surface area contributed by atoms with Crippen molar-refractivity contribution in [2.45, 2.75) is 32.3 Å². The Labute approximate surface area is 140 Å². The van der Waals surface area contributed by atoms with Crippen LogP contribution in [-0.4, -0.2) is 46.6 Å². The molecule has 0 aromatic carbocycles. The molecule has 0 radical (unpaired) electrons.